The summed E-state index contributed by atoms with van der Waals surface area (Å²) >= 11 is 0. The van der Waals surface area contributed by atoms with E-state index < -0.39 is 23.3 Å². The molecule has 1 rings (SSSR count). The summed E-state index contributed by atoms with van der Waals surface area (Å²) in [6, 6.07) is 8.46. The van der Waals surface area contributed by atoms with E-state index in [9.17, 15) is 19.6 Å². The van der Waals surface area contributed by atoms with E-state index in [-0.39, 0.29) is 31.1 Å². The van der Waals surface area contributed by atoms with E-state index in [1.165, 1.54) is 0 Å². The average molecular weight is 392 g/mol. The van der Waals surface area contributed by atoms with E-state index in [0.717, 1.165) is 0 Å². The zero-order chi connectivity index (χ0) is 21.3. The second-order valence-corrected chi connectivity index (χ2v) is 7.99. The standard InChI is InChI=1S/C21H32N2O5/c1-15(23(27)14-24)17(11-12-28-16-9-7-6-8-10-16)19(25)13-18(20(26)22-5)21(2,3)4/h6-10,14-15,17-18,27H,11-13H2,1-5H3,(H,22,26)/t15-,17+,18+/m0/s1. The minimum Gasteiger partial charge on any atom is -0.494 e. The Morgan fingerprint density at radius 2 is 1.86 bits per heavy atom. The van der Waals surface area contributed by atoms with Crippen LogP contribution in [0, 0.1) is 17.3 Å². The van der Waals surface area contributed by atoms with E-state index in [0.29, 0.717) is 17.2 Å². The molecule has 0 heterocycles. The maximum atomic E-state index is 13.0. The van der Waals surface area contributed by atoms with E-state index in [4.69, 9.17) is 4.74 Å². The summed E-state index contributed by atoms with van der Waals surface area (Å²) in [7, 11) is 1.54. The number of ether oxygens (including phenoxy) is 1. The zero-order valence-corrected chi connectivity index (χ0v) is 17.3. The van der Waals surface area contributed by atoms with Crippen molar-refractivity contribution < 1.29 is 24.3 Å². The van der Waals surface area contributed by atoms with Crippen LogP contribution in [-0.2, 0) is 14.4 Å². The molecule has 1 aromatic rings. The van der Waals surface area contributed by atoms with Gasteiger partial charge in [-0.25, -0.2) is 5.06 Å². The lowest BCUT2D eigenvalue weighted by Gasteiger charge is -2.32. The van der Waals surface area contributed by atoms with Gasteiger partial charge in [-0.15, -0.1) is 0 Å². The number of carbonyl (C=O) groups is 3. The second kappa shape index (κ2) is 10.8. The summed E-state index contributed by atoms with van der Waals surface area (Å²) in [5, 5.41) is 12.9. The SMILES string of the molecule is CNC(=O)[C@@H](CC(=O)[C@H](CCOc1ccccc1)[C@H](C)N(O)C=O)C(C)(C)C. The van der Waals surface area contributed by atoms with Gasteiger partial charge in [-0.05, 0) is 30.9 Å². The zero-order valence-electron chi connectivity index (χ0n) is 17.3. The molecule has 2 N–H and O–H groups in total. The Morgan fingerprint density at radius 3 is 2.36 bits per heavy atom. The Labute approximate surface area is 167 Å². The number of amides is 2. The molecule has 7 nitrogen and oxygen atoms in total. The fraction of sp³-hybridized carbons (Fsp3) is 0.571. The number of nitrogens with one attached hydrogen (secondary N) is 1. The van der Waals surface area contributed by atoms with Crippen molar-refractivity contribution >= 4 is 18.1 Å². The van der Waals surface area contributed by atoms with Gasteiger partial charge in [0.25, 0.3) is 0 Å². The van der Waals surface area contributed by atoms with Crippen molar-refractivity contribution in [3.8, 4) is 5.75 Å². The molecule has 0 unspecified atom stereocenters. The predicted molar refractivity (Wildman–Crippen MR) is 106 cm³/mol. The van der Waals surface area contributed by atoms with Crippen molar-refractivity contribution in [3.63, 3.8) is 0 Å². The fourth-order valence-corrected chi connectivity index (χ4v) is 3.09. The lowest BCUT2D eigenvalue weighted by molar-refractivity contribution is -0.166. The average Bonchev–Trinajstić information content (AvgIpc) is 2.67. The van der Waals surface area contributed by atoms with Crippen LogP contribution in [0.3, 0.4) is 0 Å². The number of benzene rings is 1. The van der Waals surface area contributed by atoms with Gasteiger partial charge in [-0.1, -0.05) is 39.0 Å². The summed E-state index contributed by atoms with van der Waals surface area (Å²) in [4.78, 5) is 36.3. The molecule has 0 saturated heterocycles. The number of ketones is 1. The summed E-state index contributed by atoms with van der Waals surface area (Å²) in [6.07, 6.45) is 0.615. The molecule has 0 fully saturated rings. The Morgan fingerprint density at radius 1 is 1.25 bits per heavy atom. The quantitative estimate of drug-likeness (QED) is 0.343. The lowest BCUT2D eigenvalue weighted by Crippen LogP contribution is -2.43. The van der Waals surface area contributed by atoms with Crippen molar-refractivity contribution in [1.29, 1.82) is 0 Å². The minimum absolute atomic E-state index is 0.0240. The van der Waals surface area contributed by atoms with Crippen molar-refractivity contribution in [3.05, 3.63) is 30.3 Å². The molecule has 0 aromatic heterocycles. The monoisotopic (exact) mass is 392 g/mol. The molecule has 1 aromatic carbocycles. The van der Waals surface area contributed by atoms with Gasteiger partial charge in [0.1, 0.15) is 11.5 Å². The topological polar surface area (TPSA) is 95.9 Å². The van der Waals surface area contributed by atoms with Gasteiger partial charge < -0.3 is 10.1 Å². The van der Waals surface area contributed by atoms with E-state index in [1.807, 2.05) is 51.1 Å². The number of rotatable bonds is 11. The molecule has 0 aliphatic rings. The summed E-state index contributed by atoms with van der Waals surface area (Å²) in [5.74, 6) is -0.889. The normalized spacial score (nSPS) is 14.5. The number of hydroxylamine groups is 2. The van der Waals surface area contributed by atoms with Crippen molar-refractivity contribution in [2.24, 2.45) is 17.3 Å². The van der Waals surface area contributed by atoms with Crippen LogP contribution in [-0.4, -0.2) is 48.1 Å². The fourth-order valence-electron chi connectivity index (χ4n) is 3.09. The molecular formula is C21H32N2O5. The molecular weight excluding hydrogens is 360 g/mol. The van der Waals surface area contributed by atoms with Crippen LogP contribution in [0.5, 0.6) is 5.75 Å². The van der Waals surface area contributed by atoms with Gasteiger partial charge in [0.05, 0.1) is 12.6 Å². The third-order valence-corrected chi connectivity index (χ3v) is 4.98. The molecule has 2 amide bonds. The van der Waals surface area contributed by atoms with Gasteiger partial charge in [-0.3, -0.25) is 19.6 Å². The van der Waals surface area contributed by atoms with Gasteiger partial charge in [0, 0.05) is 25.3 Å². The van der Waals surface area contributed by atoms with Crippen LogP contribution >= 0.6 is 0 Å². The Balaban J connectivity index is 2.91. The molecule has 0 aliphatic carbocycles. The maximum absolute atomic E-state index is 13.0. The molecule has 0 aliphatic heterocycles. The summed E-state index contributed by atoms with van der Waals surface area (Å²) < 4.78 is 5.67. The largest absolute Gasteiger partial charge is 0.494 e. The van der Waals surface area contributed by atoms with Gasteiger partial charge in [0.15, 0.2) is 0 Å². The van der Waals surface area contributed by atoms with Crippen LogP contribution in [0.4, 0.5) is 0 Å². The Hall–Kier alpha value is -2.41. The number of Topliss-reactive ketones (excluding diaryl/α,β-unsaturated/α-hetero) is 1. The van der Waals surface area contributed by atoms with E-state index in [2.05, 4.69) is 5.32 Å². The van der Waals surface area contributed by atoms with E-state index in [1.54, 1.807) is 14.0 Å². The van der Waals surface area contributed by atoms with Gasteiger partial charge in [-0.2, -0.15) is 0 Å². The maximum Gasteiger partial charge on any atom is 0.233 e. The first-order chi connectivity index (χ1) is 13.1. The summed E-state index contributed by atoms with van der Waals surface area (Å²) in [5.41, 5.74) is -0.409. The Kier molecular flexibility index (Phi) is 9.12. The molecule has 7 heteroatoms. The smallest absolute Gasteiger partial charge is 0.233 e. The van der Waals surface area contributed by atoms with Crippen molar-refractivity contribution in [1.82, 2.24) is 10.4 Å². The van der Waals surface area contributed by atoms with Crippen LogP contribution in [0.25, 0.3) is 0 Å². The molecule has 0 spiro atoms. The molecule has 3 atom stereocenters. The highest BCUT2D eigenvalue weighted by Gasteiger charge is 2.36. The third-order valence-electron chi connectivity index (χ3n) is 4.98. The van der Waals surface area contributed by atoms with Crippen molar-refractivity contribution in [2.45, 2.75) is 46.6 Å². The second-order valence-electron chi connectivity index (χ2n) is 7.99. The highest BCUT2D eigenvalue weighted by Crippen LogP contribution is 2.31. The summed E-state index contributed by atoms with van der Waals surface area (Å²) in [6.45, 7) is 7.56. The minimum atomic E-state index is -0.727. The van der Waals surface area contributed by atoms with Crippen LogP contribution in [0.1, 0.15) is 40.5 Å². The van der Waals surface area contributed by atoms with Crippen LogP contribution < -0.4 is 10.1 Å². The molecule has 0 saturated carbocycles. The number of para-hydroxylation sites is 1. The number of hydrogen-bond donors (Lipinski definition) is 2. The third kappa shape index (κ3) is 6.96. The number of hydrogen-bond acceptors (Lipinski definition) is 5. The molecule has 0 bridgehead atoms. The highest BCUT2D eigenvalue weighted by atomic mass is 16.5. The highest BCUT2D eigenvalue weighted by molar-refractivity contribution is 5.88. The molecule has 28 heavy (non-hydrogen) atoms. The Bertz CT molecular complexity index is 642. The van der Waals surface area contributed by atoms with E-state index >= 15 is 0 Å². The predicted octanol–water partition coefficient (Wildman–Crippen LogP) is 2.68. The first-order valence-corrected chi connectivity index (χ1v) is 9.46. The lowest BCUT2D eigenvalue weighted by atomic mass is 9.75. The first kappa shape index (κ1) is 23.6. The van der Waals surface area contributed by atoms with Gasteiger partial charge in [0.2, 0.25) is 12.3 Å². The van der Waals surface area contributed by atoms with Crippen molar-refractivity contribution in [2.75, 3.05) is 13.7 Å². The first-order valence-electron chi connectivity index (χ1n) is 9.46. The van der Waals surface area contributed by atoms with Crippen LogP contribution in [0.2, 0.25) is 0 Å². The number of nitrogens with zero attached hydrogens (tertiary/aromatic N) is 1. The molecule has 0 radical (unpaired) electrons. The van der Waals surface area contributed by atoms with Gasteiger partial charge >= 0.3 is 0 Å². The van der Waals surface area contributed by atoms with Crippen LogP contribution in [0.15, 0.2) is 30.3 Å². The molecule has 156 valence electrons. The number of carbonyl (C=O) groups excluding carboxylic acids is 3.